The number of para-hydroxylation sites is 1. The minimum absolute atomic E-state index is 0.0517. The van der Waals surface area contributed by atoms with Gasteiger partial charge in [-0.15, -0.1) is 0 Å². The fourth-order valence-electron chi connectivity index (χ4n) is 5.16. The van der Waals surface area contributed by atoms with E-state index in [0.717, 1.165) is 67.7 Å². The molecule has 174 valence electrons. The van der Waals surface area contributed by atoms with Crippen LogP contribution in [-0.2, 0) is 13.1 Å². The van der Waals surface area contributed by atoms with Crippen molar-refractivity contribution in [1.82, 2.24) is 24.6 Å². The van der Waals surface area contributed by atoms with Crippen molar-refractivity contribution >= 4 is 5.95 Å². The van der Waals surface area contributed by atoms with Crippen LogP contribution in [0.4, 0.5) is 5.95 Å². The van der Waals surface area contributed by atoms with Crippen molar-refractivity contribution in [2.75, 3.05) is 38.3 Å². The molecule has 4 heterocycles. The number of nitrogens with zero attached hydrogens (tertiary/aromatic N) is 6. The molecule has 33 heavy (non-hydrogen) atoms. The summed E-state index contributed by atoms with van der Waals surface area (Å²) in [6.07, 6.45) is 8.29. The molecule has 1 atom stereocenters. The van der Waals surface area contributed by atoms with E-state index in [-0.39, 0.29) is 12.6 Å². The third-order valence-corrected chi connectivity index (χ3v) is 6.75. The van der Waals surface area contributed by atoms with Gasteiger partial charge in [-0.3, -0.25) is 9.58 Å². The molecule has 5 rings (SSSR count). The first kappa shape index (κ1) is 21.9. The smallest absolute Gasteiger partial charge is 0.225 e. The lowest BCUT2D eigenvalue weighted by Gasteiger charge is -2.27. The quantitative estimate of drug-likeness (QED) is 0.566. The number of likely N-dealkylation sites (tertiary alicyclic amines) is 1. The maximum atomic E-state index is 9.70. The second kappa shape index (κ2) is 9.89. The molecule has 2 aliphatic heterocycles. The second-order valence-electron chi connectivity index (χ2n) is 8.77. The molecule has 1 aromatic carbocycles. The van der Waals surface area contributed by atoms with E-state index in [1.165, 1.54) is 18.4 Å². The SMILES string of the molecule is COc1ccccc1CN1CCCC1c1c(-c2ccnc(N3CCCC3)n2)cnn1CCO. The highest BCUT2D eigenvalue weighted by Crippen LogP contribution is 2.39. The molecular formula is C25H32N6O2. The number of aromatic nitrogens is 4. The molecular weight excluding hydrogens is 416 g/mol. The summed E-state index contributed by atoms with van der Waals surface area (Å²) in [7, 11) is 1.72. The Labute approximate surface area is 194 Å². The average molecular weight is 449 g/mol. The number of benzene rings is 1. The second-order valence-corrected chi connectivity index (χ2v) is 8.77. The van der Waals surface area contributed by atoms with Crippen LogP contribution in [0.1, 0.15) is 43.0 Å². The van der Waals surface area contributed by atoms with Crippen LogP contribution in [0.25, 0.3) is 11.3 Å². The minimum Gasteiger partial charge on any atom is -0.496 e. The molecule has 2 fully saturated rings. The van der Waals surface area contributed by atoms with Crippen LogP contribution in [-0.4, -0.2) is 63.1 Å². The zero-order valence-corrected chi connectivity index (χ0v) is 19.2. The van der Waals surface area contributed by atoms with E-state index < -0.39 is 0 Å². The van der Waals surface area contributed by atoms with E-state index in [0.29, 0.717) is 6.54 Å². The Kier molecular flexibility index (Phi) is 6.55. The van der Waals surface area contributed by atoms with Gasteiger partial charge in [-0.05, 0) is 44.4 Å². The molecule has 3 aromatic rings. The molecule has 0 radical (unpaired) electrons. The van der Waals surface area contributed by atoms with Crippen LogP contribution in [0, 0.1) is 0 Å². The maximum Gasteiger partial charge on any atom is 0.225 e. The monoisotopic (exact) mass is 448 g/mol. The normalized spacial score (nSPS) is 18.8. The summed E-state index contributed by atoms with van der Waals surface area (Å²) in [6.45, 7) is 4.36. The first-order chi connectivity index (χ1) is 16.3. The largest absolute Gasteiger partial charge is 0.496 e. The average Bonchev–Trinajstić information content (AvgIpc) is 3.61. The lowest BCUT2D eigenvalue weighted by molar-refractivity contribution is 0.224. The maximum absolute atomic E-state index is 9.70. The van der Waals surface area contributed by atoms with Gasteiger partial charge in [0.1, 0.15) is 5.75 Å². The van der Waals surface area contributed by atoms with Crippen molar-refractivity contribution in [3.05, 3.63) is 54.0 Å². The molecule has 8 heteroatoms. The van der Waals surface area contributed by atoms with Gasteiger partial charge in [-0.1, -0.05) is 18.2 Å². The van der Waals surface area contributed by atoms with Crippen molar-refractivity contribution in [2.45, 2.75) is 44.8 Å². The summed E-state index contributed by atoms with van der Waals surface area (Å²) in [5.41, 5.74) is 4.24. The third kappa shape index (κ3) is 4.45. The number of ether oxygens (including phenoxy) is 1. The van der Waals surface area contributed by atoms with Gasteiger partial charge in [0.15, 0.2) is 0 Å². The van der Waals surface area contributed by atoms with Gasteiger partial charge in [0.05, 0.1) is 43.9 Å². The van der Waals surface area contributed by atoms with E-state index in [4.69, 9.17) is 9.72 Å². The van der Waals surface area contributed by atoms with Crippen LogP contribution in [0.5, 0.6) is 5.75 Å². The Morgan fingerprint density at radius 2 is 1.94 bits per heavy atom. The van der Waals surface area contributed by atoms with Crippen LogP contribution in [0.3, 0.4) is 0 Å². The molecule has 8 nitrogen and oxygen atoms in total. The standard InChI is InChI=1S/C25H32N6O2/c1-33-23-9-3-2-7-19(23)18-30-14-6-8-22(30)24-20(17-27-31(24)15-16-32)21-10-11-26-25(28-21)29-12-4-5-13-29/h2-3,7,9-11,17,22,32H,4-6,8,12-16,18H2,1H3. The molecule has 0 amide bonds. The van der Waals surface area contributed by atoms with E-state index in [9.17, 15) is 5.11 Å². The molecule has 1 N–H and O–H groups in total. The van der Waals surface area contributed by atoms with Gasteiger partial charge in [-0.25, -0.2) is 9.97 Å². The lowest BCUT2D eigenvalue weighted by atomic mass is 10.0. The molecule has 0 bridgehead atoms. The summed E-state index contributed by atoms with van der Waals surface area (Å²) in [6, 6.07) is 10.4. The Morgan fingerprint density at radius 3 is 2.76 bits per heavy atom. The molecule has 0 saturated carbocycles. The molecule has 2 saturated heterocycles. The fourth-order valence-corrected chi connectivity index (χ4v) is 5.16. The van der Waals surface area contributed by atoms with Crippen molar-refractivity contribution in [2.24, 2.45) is 0 Å². The van der Waals surface area contributed by atoms with Crippen molar-refractivity contribution in [3.8, 4) is 17.0 Å². The Balaban J connectivity index is 1.49. The highest BCUT2D eigenvalue weighted by Gasteiger charge is 2.32. The van der Waals surface area contributed by atoms with E-state index in [1.807, 2.05) is 35.3 Å². The predicted octanol–water partition coefficient (Wildman–Crippen LogP) is 3.28. The highest BCUT2D eigenvalue weighted by atomic mass is 16.5. The van der Waals surface area contributed by atoms with E-state index >= 15 is 0 Å². The topological polar surface area (TPSA) is 79.5 Å². The van der Waals surface area contributed by atoms with Gasteiger partial charge >= 0.3 is 0 Å². The molecule has 0 spiro atoms. The van der Waals surface area contributed by atoms with Crippen LogP contribution in [0.2, 0.25) is 0 Å². The lowest BCUT2D eigenvalue weighted by Crippen LogP contribution is -2.26. The van der Waals surface area contributed by atoms with Crippen molar-refractivity contribution in [1.29, 1.82) is 0 Å². The Hall–Kier alpha value is -2.97. The molecule has 2 aliphatic rings. The van der Waals surface area contributed by atoms with E-state index in [1.54, 1.807) is 7.11 Å². The summed E-state index contributed by atoms with van der Waals surface area (Å²) in [4.78, 5) is 14.2. The summed E-state index contributed by atoms with van der Waals surface area (Å²) in [5, 5.41) is 14.4. The summed E-state index contributed by atoms with van der Waals surface area (Å²) in [5.74, 6) is 1.71. The summed E-state index contributed by atoms with van der Waals surface area (Å²) < 4.78 is 7.56. The van der Waals surface area contributed by atoms with Gasteiger partial charge in [0, 0.05) is 37.0 Å². The van der Waals surface area contributed by atoms with E-state index in [2.05, 4.69) is 32.0 Å². The first-order valence-electron chi connectivity index (χ1n) is 11.9. The van der Waals surface area contributed by atoms with Crippen LogP contribution >= 0.6 is 0 Å². The number of aliphatic hydroxyl groups is 1. The number of methoxy groups -OCH3 is 1. The van der Waals surface area contributed by atoms with Gasteiger partial charge in [0.25, 0.3) is 0 Å². The van der Waals surface area contributed by atoms with Crippen LogP contribution < -0.4 is 9.64 Å². The molecule has 0 aliphatic carbocycles. The van der Waals surface area contributed by atoms with Gasteiger partial charge < -0.3 is 14.7 Å². The minimum atomic E-state index is 0.0517. The van der Waals surface area contributed by atoms with Crippen molar-refractivity contribution in [3.63, 3.8) is 0 Å². The van der Waals surface area contributed by atoms with Gasteiger partial charge in [-0.2, -0.15) is 5.10 Å². The van der Waals surface area contributed by atoms with Crippen molar-refractivity contribution < 1.29 is 9.84 Å². The molecule has 1 unspecified atom stereocenters. The third-order valence-electron chi connectivity index (χ3n) is 6.75. The fraction of sp³-hybridized carbons (Fsp3) is 0.480. The van der Waals surface area contributed by atoms with Gasteiger partial charge in [0.2, 0.25) is 5.95 Å². The number of aliphatic hydroxyl groups excluding tert-OH is 1. The summed E-state index contributed by atoms with van der Waals surface area (Å²) >= 11 is 0. The Bertz CT molecular complexity index is 1080. The Morgan fingerprint density at radius 1 is 1.09 bits per heavy atom. The number of hydrogen-bond acceptors (Lipinski definition) is 7. The first-order valence-corrected chi connectivity index (χ1v) is 11.9. The number of rotatable bonds is 8. The molecule has 2 aromatic heterocycles. The zero-order chi connectivity index (χ0) is 22.6. The number of anilines is 1. The number of hydrogen-bond donors (Lipinski definition) is 1. The predicted molar refractivity (Wildman–Crippen MR) is 127 cm³/mol. The van der Waals surface area contributed by atoms with Crippen LogP contribution in [0.15, 0.2) is 42.7 Å². The zero-order valence-electron chi connectivity index (χ0n) is 19.2. The highest BCUT2D eigenvalue weighted by molar-refractivity contribution is 5.63.